The standard InChI is InChI=1S/C14H20O9S.2C6H15P.2Au/c1-6(15)19-5-10-11(20-7(2)16)12(21-8(3)17)13(14(24)23-10)22-9(4)18;2*1-4-7(5-2)6-3;;/h10-14,24H,5H2,1-4H3;2*4-6H2,1-3H3;;/p+1. The van der Waals surface area contributed by atoms with Crippen molar-refractivity contribution in [2.24, 2.45) is 0 Å². The minimum absolute atomic E-state index is 0. The van der Waals surface area contributed by atoms with Crippen LogP contribution in [0.15, 0.2) is 0 Å². The smallest absolute Gasteiger partial charge is 0.303 e. The number of rotatable bonds is 11. The van der Waals surface area contributed by atoms with E-state index in [-0.39, 0.29) is 67.2 Å². The first-order valence-corrected chi connectivity index (χ1v) is 18.2. The van der Waals surface area contributed by atoms with Crippen LogP contribution in [0.2, 0.25) is 0 Å². The van der Waals surface area contributed by atoms with Crippen LogP contribution in [-0.2, 0) is 100 Å². The number of carbonyl (C=O) groups is 4. The van der Waals surface area contributed by atoms with Gasteiger partial charge >= 0.3 is 23.9 Å². The van der Waals surface area contributed by atoms with Gasteiger partial charge in [-0.3, -0.25) is 19.2 Å². The number of carbonyl (C=O) groups excluding carboxylic acids is 4. The Bertz CT molecular complexity index is 676. The Balaban J connectivity index is -0.000000335. The van der Waals surface area contributed by atoms with E-state index in [9.17, 15) is 19.2 Å². The third-order valence-electron chi connectivity index (χ3n) is 5.95. The summed E-state index contributed by atoms with van der Waals surface area (Å²) in [5, 5.41) is 0. The van der Waals surface area contributed by atoms with Crippen molar-refractivity contribution < 1.29 is 87.6 Å². The number of hydrogen-bond donors (Lipinski definition) is 0. The zero-order chi connectivity index (χ0) is 29.8. The molecule has 9 nitrogen and oxygen atoms in total. The van der Waals surface area contributed by atoms with Crippen molar-refractivity contribution in [2.45, 2.75) is 99.1 Å². The van der Waals surface area contributed by atoms with Crippen molar-refractivity contribution in [1.29, 1.82) is 0 Å². The molecule has 0 aromatic heterocycles. The number of hydrogen-bond acceptors (Lipinski definition) is 10. The Labute approximate surface area is 281 Å². The minimum Gasteiger partial charge on any atom is -0.757 e. The molecule has 246 valence electrons. The van der Waals surface area contributed by atoms with Crippen molar-refractivity contribution in [3.63, 3.8) is 0 Å². The molecule has 0 saturated carbocycles. The second kappa shape index (κ2) is 28.3. The van der Waals surface area contributed by atoms with Gasteiger partial charge in [-0.1, -0.05) is 0 Å². The largest absolute Gasteiger partial charge is 0.757 e. The van der Waals surface area contributed by atoms with Gasteiger partial charge in [-0.2, -0.15) is 0 Å². The van der Waals surface area contributed by atoms with Crippen LogP contribution in [0, 0.1) is 0 Å². The summed E-state index contributed by atoms with van der Waals surface area (Å²) in [6.07, 6.45) is 4.26. The predicted octanol–water partition coefficient (Wildman–Crippen LogP) is 4.13. The molecule has 0 bridgehead atoms. The summed E-state index contributed by atoms with van der Waals surface area (Å²) in [5.74, 6) is -2.62. The Kier molecular flexibility index (Phi) is 33.6. The maximum absolute atomic E-state index is 11.4. The zero-order valence-electron chi connectivity index (χ0n) is 25.5. The molecule has 1 aliphatic rings. The second-order valence-electron chi connectivity index (χ2n) is 8.69. The Hall–Kier alpha value is 0.531. The molecule has 5 unspecified atom stereocenters. The molecule has 0 amide bonds. The summed E-state index contributed by atoms with van der Waals surface area (Å²) in [6.45, 7) is 18.2. The average molecular weight is 996 g/mol. The second-order valence-corrected chi connectivity index (χ2v) is 16.4. The fourth-order valence-electron chi connectivity index (χ4n) is 3.69. The summed E-state index contributed by atoms with van der Waals surface area (Å²) in [7, 11) is 0.275. The maximum Gasteiger partial charge on any atom is 0.303 e. The molecule has 0 N–H and O–H groups in total. The van der Waals surface area contributed by atoms with Crippen molar-refractivity contribution in [3.05, 3.63) is 0 Å². The van der Waals surface area contributed by atoms with E-state index in [4.69, 9.17) is 36.3 Å². The van der Waals surface area contributed by atoms with Crippen LogP contribution < -0.4 is 0 Å². The monoisotopic (exact) mass is 995 g/mol. The molecule has 1 heterocycles. The maximum atomic E-state index is 11.4. The Morgan fingerprint density at radius 1 is 0.600 bits per heavy atom. The van der Waals surface area contributed by atoms with E-state index < -0.39 is 53.7 Å². The third-order valence-corrected chi connectivity index (χ3v) is 12.3. The molecule has 1 aliphatic heterocycles. The molecule has 0 aromatic rings. The van der Waals surface area contributed by atoms with Crippen LogP contribution in [-0.4, -0.2) is 97.3 Å². The van der Waals surface area contributed by atoms with Crippen LogP contribution >= 0.6 is 15.8 Å². The molecule has 40 heavy (non-hydrogen) atoms. The van der Waals surface area contributed by atoms with Gasteiger partial charge in [0.1, 0.15) is 18.8 Å². The molecule has 0 spiro atoms. The van der Waals surface area contributed by atoms with Crippen LogP contribution in [0.5, 0.6) is 0 Å². The zero-order valence-corrected chi connectivity index (χ0v) is 32.7. The Morgan fingerprint density at radius 3 is 1.20 bits per heavy atom. The molecule has 1 saturated heterocycles. The van der Waals surface area contributed by atoms with Gasteiger partial charge in [-0.15, -0.1) is 0 Å². The van der Waals surface area contributed by atoms with Gasteiger partial charge in [0.2, 0.25) is 0 Å². The van der Waals surface area contributed by atoms with Crippen molar-refractivity contribution in [1.82, 2.24) is 0 Å². The average Bonchev–Trinajstić information content (AvgIpc) is 2.84. The minimum atomic E-state index is -1.19. The summed E-state index contributed by atoms with van der Waals surface area (Å²) >= 11 is 5.11. The SMILES string of the molecule is CC(=O)OCC1OC([S-])C(OC(C)=O)C(OC(C)=O)C1OC(C)=O.CC[PH+](CC)CC.CC[PH+](CC)CC.[Au].[Au]. The summed E-state index contributed by atoms with van der Waals surface area (Å²) < 4.78 is 25.7. The van der Waals surface area contributed by atoms with E-state index in [1.165, 1.54) is 43.9 Å². The fourth-order valence-corrected chi connectivity index (χ4v) is 7.04. The van der Waals surface area contributed by atoms with E-state index in [0.717, 1.165) is 20.8 Å². The molecule has 0 aromatic carbocycles. The first-order chi connectivity index (χ1) is 17.8. The van der Waals surface area contributed by atoms with Crippen molar-refractivity contribution in [3.8, 4) is 0 Å². The topological polar surface area (TPSA) is 114 Å². The number of esters is 4. The molecular formula is C26H51Au2O9P2S+. The van der Waals surface area contributed by atoms with Crippen LogP contribution in [0.25, 0.3) is 0 Å². The van der Waals surface area contributed by atoms with Gasteiger partial charge in [0.15, 0.2) is 12.2 Å². The van der Waals surface area contributed by atoms with Crippen LogP contribution in [0.4, 0.5) is 0 Å². The molecule has 1 rings (SSSR count). The van der Waals surface area contributed by atoms with Gasteiger partial charge in [0, 0.05) is 72.5 Å². The van der Waals surface area contributed by atoms with E-state index in [1.807, 2.05) is 0 Å². The van der Waals surface area contributed by atoms with E-state index >= 15 is 0 Å². The summed E-state index contributed by atoms with van der Waals surface area (Å²) in [5.41, 5.74) is -1.09. The molecule has 0 aliphatic carbocycles. The summed E-state index contributed by atoms with van der Waals surface area (Å²) in [6, 6.07) is 0. The molecule has 14 heteroatoms. The quantitative estimate of drug-likeness (QED) is 0.0986. The third kappa shape index (κ3) is 22.1. The van der Waals surface area contributed by atoms with E-state index in [0.29, 0.717) is 0 Å². The van der Waals surface area contributed by atoms with Crippen molar-refractivity contribution in [2.75, 3.05) is 43.6 Å². The molecule has 1 fully saturated rings. The normalized spacial score (nSPS) is 21.2. The van der Waals surface area contributed by atoms with Gasteiger partial charge in [0.05, 0.1) is 37.0 Å². The van der Waals surface area contributed by atoms with Crippen molar-refractivity contribution >= 4 is 52.3 Å². The first kappa shape index (κ1) is 47.5. The van der Waals surface area contributed by atoms with Crippen LogP contribution in [0.1, 0.15) is 69.2 Å². The van der Waals surface area contributed by atoms with Gasteiger partial charge in [-0.05, 0) is 62.8 Å². The van der Waals surface area contributed by atoms with Gasteiger partial charge in [-0.25, -0.2) is 0 Å². The van der Waals surface area contributed by atoms with Gasteiger partial charge < -0.3 is 36.3 Å². The van der Waals surface area contributed by atoms with E-state index in [2.05, 4.69) is 41.5 Å². The Morgan fingerprint density at radius 2 is 0.925 bits per heavy atom. The van der Waals surface area contributed by atoms with Crippen LogP contribution in [0.3, 0.4) is 0 Å². The summed E-state index contributed by atoms with van der Waals surface area (Å²) in [4.78, 5) is 45.0. The van der Waals surface area contributed by atoms with Gasteiger partial charge in [0.25, 0.3) is 0 Å². The molecule has 5 atom stereocenters. The fraction of sp³-hybridized carbons (Fsp3) is 0.846. The van der Waals surface area contributed by atoms with E-state index in [1.54, 1.807) is 0 Å². The molecule has 2 radical (unpaired) electrons. The molecular weight excluding hydrogens is 944 g/mol. The first-order valence-electron chi connectivity index (χ1n) is 13.4. The predicted molar refractivity (Wildman–Crippen MR) is 159 cm³/mol. The number of ether oxygens (including phenoxy) is 5.